The second kappa shape index (κ2) is 10.8. The summed E-state index contributed by atoms with van der Waals surface area (Å²) in [6, 6.07) is 14.7. The Kier molecular flexibility index (Phi) is 8.41. The van der Waals surface area contributed by atoms with Gasteiger partial charge in [0.25, 0.3) is 5.24 Å². The first-order valence-electron chi connectivity index (χ1n) is 8.57. The lowest BCUT2D eigenvalue weighted by atomic mass is 10.2. The Bertz CT molecular complexity index is 856. The first kappa shape index (κ1) is 21.8. The van der Waals surface area contributed by atoms with E-state index in [-0.39, 0.29) is 28.6 Å². The molecule has 2 aromatic carbocycles. The minimum atomic E-state index is -0.223. The molecule has 8 heteroatoms. The summed E-state index contributed by atoms with van der Waals surface area (Å²) >= 11 is 2.28. The third-order valence-electron chi connectivity index (χ3n) is 3.49. The van der Waals surface area contributed by atoms with Crippen LogP contribution in [-0.2, 0) is 9.59 Å². The van der Waals surface area contributed by atoms with Crippen LogP contribution < -0.4 is 10.6 Å². The highest BCUT2D eigenvalue weighted by atomic mass is 32.2. The van der Waals surface area contributed by atoms with Crippen LogP contribution in [-0.4, -0.2) is 47.6 Å². The van der Waals surface area contributed by atoms with E-state index in [0.717, 1.165) is 23.0 Å². The van der Waals surface area contributed by atoms with Crippen LogP contribution >= 0.6 is 23.5 Å². The van der Waals surface area contributed by atoms with Crippen molar-refractivity contribution in [3.63, 3.8) is 0 Å². The molecule has 2 N–H and O–H groups in total. The van der Waals surface area contributed by atoms with Gasteiger partial charge in [0.1, 0.15) is 0 Å². The van der Waals surface area contributed by atoms with Gasteiger partial charge < -0.3 is 15.5 Å². The Morgan fingerprint density at radius 3 is 2.29 bits per heavy atom. The molecule has 0 saturated heterocycles. The highest BCUT2D eigenvalue weighted by Gasteiger charge is 2.13. The number of amides is 3. The molecule has 28 heavy (non-hydrogen) atoms. The Labute approximate surface area is 173 Å². The van der Waals surface area contributed by atoms with Crippen molar-refractivity contribution in [2.45, 2.75) is 11.8 Å². The number of carbonyl (C=O) groups is 3. The molecule has 148 valence electrons. The minimum Gasteiger partial charge on any atom is -0.339 e. The summed E-state index contributed by atoms with van der Waals surface area (Å²) in [5.74, 6) is -0.0618. The van der Waals surface area contributed by atoms with Crippen LogP contribution in [0.4, 0.5) is 16.2 Å². The van der Waals surface area contributed by atoms with Gasteiger partial charge in [0.2, 0.25) is 11.8 Å². The lowest BCUT2D eigenvalue weighted by Crippen LogP contribution is -2.19. The third-order valence-corrected chi connectivity index (χ3v) is 5.54. The van der Waals surface area contributed by atoms with Gasteiger partial charge in [-0.25, -0.2) is 0 Å². The molecule has 0 heterocycles. The fraction of sp³-hybridized carbons (Fsp3) is 0.250. The summed E-state index contributed by atoms with van der Waals surface area (Å²) in [6.45, 7) is 1.96. The summed E-state index contributed by atoms with van der Waals surface area (Å²) in [5.41, 5.74) is 2.39. The number of aryl methyl sites for hydroxylation is 1. The van der Waals surface area contributed by atoms with E-state index in [1.165, 1.54) is 16.7 Å². The quantitative estimate of drug-likeness (QED) is 0.664. The SMILES string of the molecule is Cc1cccc(NC(=O)CSCC(=O)Nc2ccccc2SC(=O)N(C)C)c1. The summed E-state index contributed by atoms with van der Waals surface area (Å²) in [4.78, 5) is 38.2. The first-order chi connectivity index (χ1) is 13.3. The van der Waals surface area contributed by atoms with E-state index in [1.807, 2.05) is 37.3 Å². The summed E-state index contributed by atoms with van der Waals surface area (Å²) < 4.78 is 0. The van der Waals surface area contributed by atoms with Gasteiger partial charge in [-0.2, -0.15) is 0 Å². The normalized spacial score (nSPS) is 10.2. The fourth-order valence-electron chi connectivity index (χ4n) is 2.19. The van der Waals surface area contributed by atoms with E-state index in [9.17, 15) is 14.4 Å². The molecule has 0 atom stereocenters. The highest BCUT2D eigenvalue weighted by Crippen LogP contribution is 2.28. The molecule has 2 aromatic rings. The number of anilines is 2. The van der Waals surface area contributed by atoms with Crippen LogP contribution in [0.25, 0.3) is 0 Å². The maximum atomic E-state index is 12.2. The zero-order valence-corrected chi connectivity index (χ0v) is 17.7. The average molecular weight is 418 g/mol. The molecular weight excluding hydrogens is 394 g/mol. The monoisotopic (exact) mass is 417 g/mol. The van der Waals surface area contributed by atoms with E-state index < -0.39 is 0 Å². The van der Waals surface area contributed by atoms with E-state index in [4.69, 9.17) is 0 Å². The summed E-state index contributed by atoms with van der Waals surface area (Å²) in [7, 11) is 3.35. The molecule has 2 rings (SSSR count). The van der Waals surface area contributed by atoms with Crippen molar-refractivity contribution in [2.75, 3.05) is 36.2 Å². The third kappa shape index (κ3) is 7.28. The van der Waals surface area contributed by atoms with Crippen molar-refractivity contribution in [2.24, 2.45) is 0 Å². The van der Waals surface area contributed by atoms with Gasteiger partial charge in [-0.1, -0.05) is 24.3 Å². The molecular formula is C20H23N3O3S2. The van der Waals surface area contributed by atoms with Crippen molar-refractivity contribution in [3.8, 4) is 0 Å². The van der Waals surface area contributed by atoms with Crippen molar-refractivity contribution >= 4 is 52.0 Å². The van der Waals surface area contributed by atoms with Gasteiger partial charge in [0, 0.05) is 24.7 Å². The van der Waals surface area contributed by atoms with Crippen LogP contribution in [0.15, 0.2) is 53.4 Å². The van der Waals surface area contributed by atoms with Gasteiger partial charge in [-0.3, -0.25) is 14.4 Å². The molecule has 0 spiro atoms. The van der Waals surface area contributed by atoms with Crippen molar-refractivity contribution in [1.29, 1.82) is 0 Å². The fourth-order valence-corrected chi connectivity index (χ4v) is 3.55. The Morgan fingerprint density at radius 2 is 1.61 bits per heavy atom. The van der Waals surface area contributed by atoms with Crippen molar-refractivity contribution in [3.05, 3.63) is 54.1 Å². The molecule has 0 fully saturated rings. The van der Waals surface area contributed by atoms with E-state index in [0.29, 0.717) is 10.6 Å². The van der Waals surface area contributed by atoms with Crippen LogP contribution in [0.5, 0.6) is 0 Å². The minimum absolute atomic E-state index is 0.121. The number of nitrogens with one attached hydrogen (secondary N) is 2. The number of rotatable bonds is 7. The average Bonchev–Trinajstić information content (AvgIpc) is 2.63. The molecule has 0 radical (unpaired) electrons. The van der Waals surface area contributed by atoms with E-state index in [1.54, 1.807) is 32.3 Å². The molecule has 0 aliphatic rings. The maximum Gasteiger partial charge on any atom is 0.286 e. The van der Waals surface area contributed by atoms with Gasteiger partial charge in [-0.15, -0.1) is 11.8 Å². The number of hydrogen-bond acceptors (Lipinski definition) is 5. The zero-order valence-electron chi connectivity index (χ0n) is 16.0. The van der Waals surface area contributed by atoms with Crippen LogP contribution in [0.2, 0.25) is 0 Å². The lowest BCUT2D eigenvalue weighted by molar-refractivity contribution is -0.114. The molecule has 3 amide bonds. The van der Waals surface area contributed by atoms with Crippen LogP contribution in [0.1, 0.15) is 5.56 Å². The molecule has 6 nitrogen and oxygen atoms in total. The zero-order chi connectivity index (χ0) is 20.5. The Morgan fingerprint density at radius 1 is 0.929 bits per heavy atom. The summed E-state index contributed by atoms with van der Waals surface area (Å²) in [6.07, 6.45) is 0. The molecule has 0 aliphatic carbocycles. The molecule has 0 aromatic heterocycles. The highest BCUT2D eigenvalue weighted by molar-refractivity contribution is 8.13. The largest absolute Gasteiger partial charge is 0.339 e. The molecule has 0 unspecified atom stereocenters. The van der Waals surface area contributed by atoms with Crippen molar-refractivity contribution in [1.82, 2.24) is 4.90 Å². The van der Waals surface area contributed by atoms with Crippen molar-refractivity contribution < 1.29 is 14.4 Å². The molecule has 0 aliphatic heterocycles. The topological polar surface area (TPSA) is 78.5 Å². The predicted molar refractivity (Wildman–Crippen MR) is 117 cm³/mol. The van der Waals surface area contributed by atoms with Gasteiger partial charge in [-0.05, 0) is 48.5 Å². The van der Waals surface area contributed by atoms with E-state index in [2.05, 4.69) is 10.6 Å². The lowest BCUT2D eigenvalue weighted by Gasteiger charge is -2.13. The molecule has 0 bridgehead atoms. The number of carbonyl (C=O) groups excluding carboxylic acids is 3. The first-order valence-corrected chi connectivity index (χ1v) is 10.5. The van der Waals surface area contributed by atoms with Crippen LogP contribution in [0, 0.1) is 6.92 Å². The number of benzene rings is 2. The second-order valence-electron chi connectivity index (χ2n) is 6.22. The Balaban J connectivity index is 1.81. The standard InChI is InChI=1S/C20H23N3O3S2/c1-14-7-6-8-15(11-14)21-18(24)12-27-13-19(25)22-16-9-4-5-10-17(16)28-20(26)23(2)3/h4-11H,12-13H2,1-3H3,(H,21,24)(H,22,25). The van der Waals surface area contributed by atoms with E-state index >= 15 is 0 Å². The number of hydrogen-bond donors (Lipinski definition) is 2. The maximum absolute atomic E-state index is 12.2. The second-order valence-corrected chi connectivity index (χ2v) is 8.20. The van der Waals surface area contributed by atoms with Gasteiger partial charge in [0.15, 0.2) is 0 Å². The summed E-state index contributed by atoms with van der Waals surface area (Å²) in [5, 5.41) is 5.49. The van der Waals surface area contributed by atoms with Gasteiger partial charge >= 0.3 is 0 Å². The number of nitrogens with zero attached hydrogens (tertiary/aromatic N) is 1. The molecule has 0 saturated carbocycles. The predicted octanol–water partition coefficient (Wildman–Crippen LogP) is 4.08. The van der Waals surface area contributed by atoms with Gasteiger partial charge in [0.05, 0.1) is 17.2 Å². The smallest absolute Gasteiger partial charge is 0.286 e. The Hall–Kier alpha value is -2.45. The van der Waals surface area contributed by atoms with Crippen LogP contribution in [0.3, 0.4) is 0 Å². The number of thioether (sulfide) groups is 2. The number of para-hydroxylation sites is 1.